The Morgan fingerprint density at radius 3 is 2.44 bits per heavy atom. The maximum absolute atomic E-state index is 12.5. The van der Waals surface area contributed by atoms with Crippen LogP contribution in [0.25, 0.3) is 0 Å². The van der Waals surface area contributed by atoms with Gasteiger partial charge in [-0.15, -0.1) is 0 Å². The Balaban J connectivity index is 1.72. The van der Waals surface area contributed by atoms with Crippen molar-refractivity contribution in [2.45, 2.75) is 26.2 Å². The molecule has 1 aromatic carbocycles. The van der Waals surface area contributed by atoms with Crippen LogP contribution in [0.3, 0.4) is 0 Å². The van der Waals surface area contributed by atoms with E-state index in [0.29, 0.717) is 17.1 Å². The molecule has 0 radical (unpaired) electrons. The third-order valence-electron chi connectivity index (χ3n) is 4.01. The molecule has 3 rings (SSSR count). The van der Waals surface area contributed by atoms with Gasteiger partial charge in [-0.05, 0) is 37.5 Å². The molecular weight excluding hydrogens is 318 g/mol. The number of carbonyl (C=O) groups excluding carboxylic acids is 2. The van der Waals surface area contributed by atoms with E-state index in [-0.39, 0.29) is 11.8 Å². The minimum Gasteiger partial charge on any atom is -0.357 e. The van der Waals surface area contributed by atoms with Crippen LogP contribution >= 0.6 is 0 Å². The summed E-state index contributed by atoms with van der Waals surface area (Å²) in [4.78, 5) is 34.2. The quantitative estimate of drug-likeness (QED) is 0.894. The highest BCUT2D eigenvalue weighted by atomic mass is 16.2. The maximum Gasteiger partial charge on any atom is 0.274 e. The van der Waals surface area contributed by atoms with Crippen molar-refractivity contribution >= 4 is 29.0 Å². The predicted molar refractivity (Wildman–Crippen MR) is 96.8 cm³/mol. The molecule has 2 N–H and O–H groups in total. The van der Waals surface area contributed by atoms with E-state index in [9.17, 15) is 9.59 Å². The second-order valence-electron chi connectivity index (χ2n) is 6.03. The molecule has 25 heavy (non-hydrogen) atoms. The van der Waals surface area contributed by atoms with Crippen LogP contribution in [-0.4, -0.2) is 34.9 Å². The molecule has 0 atom stereocenters. The number of benzene rings is 1. The third-order valence-corrected chi connectivity index (χ3v) is 4.01. The molecule has 7 nitrogen and oxygen atoms in total. The molecule has 1 aliphatic heterocycles. The van der Waals surface area contributed by atoms with Gasteiger partial charge in [0, 0.05) is 37.5 Å². The molecule has 0 saturated carbocycles. The molecular formula is C18H21N5O2. The van der Waals surface area contributed by atoms with Crippen LogP contribution in [0, 0.1) is 0 Å². The van der Waals surface area contributed by atoms with E-state index in [2.05, 4.69) is 25.5 Å². The Bertz CT molecular complexity index is 772. The number of nitrogens with one attached hydrogen (secondary N) is 2. The molecule has 1 aliphatic rings. The summed E-state index contributed by atoms with van der Waals surface area (Å²) in [5.41, 5.74) is 1.54. The topological polar surface area (TPSA) is 87.2 Å². The van der Waals surface area contributed by atoms with E-state index in [1.54, 1.807) is 30.3 Å². The molecule has 2 amide bonds. The van der Waals surface area contributed by atoms with E-state index >= 15 is 0 Å². The van der Waals surface area contributed by atoms with Crippen LogP contribution in [0.15, 0.2) is 36.7 Å². The van der Waals surface area contributed by atoms with Crippen molar-refractivity contribution in [3.05, 3.63) is 42.4 Å². The lowest BCUT2D eigenvalue weighted by Gasteiger charge is -2.27. The van der Waals surface area contributed by atoms with Gasteiger partial charge in [0.2, 0.25) is 5.91 Å². The van der Waals surface area contributed by atoms with Crippen molar-refractivity contribution in [3.63, 3.8) is 0 Å². The number of piperidine rings is 1. The predicted octanol–water partition coefficient (Wildman–Crippen LogP) is 2.68. The minimum absolute atomic E-state index is 0.162. The Morgan fingerprint density at radius 1 is 1.00 bits per heavy atom. The Morgan fingerprint density at radius 2 is 1.72 bits per heavy atom. The fourth-order valence-electron chi connectivity index (χ4n) is 2.84. The van der Waals surface area contributed by atoms with Crippen LogP contribution in [0.5, 0.6) is 0 Å². The van der Waals surface area contributed by atoms with Gasteiger partial charge in [0.05, 0.1) is 0 Å². The Kier molecular flexibility index (Phi) is 5.23. The highest BCUT2D eigenvalue weighted by molar-refractivity contribution is 6.03. The van der Waals surface area contributed by atoms with Crippen molar-refractivity contribution in [1.82, 2.24) is 9.97 Å². The van der Waals surface area contributed by atoms with Crippen molar-refractivity contribution in [1.29, 1.82) is 0 Å². The zero-order chi connectivity index (χ0) is 17.6. The zero-order valence-electron chi connectivity index (χ0n) is 14.2. The lowest BCUT2D eigenvalue weighted by Crippen LogP contribution is -2.30. The highest BCUT2D eigenvalue weighted by Gasteiger charge is 2.15. The van der Waals surface area contributed by atoms with Crippen molar-refractivity contribution in [2.24, 2.45) is 0 Å². The standard InChI is InChI=1S/C18H21N5O2/c1-13(24)21-14-6-5-7-15(10-14)22-18(25)16-11-17(20-12-19-16)23-8-3-2-4-9-23/h5-7,10-12H,2-4,8-9H2,1H3,(H,21,24)(H,22,25). The summed E-state index contributed by atoms with van der Waals surface area (Å²) >= 11 is 0. The number of amides is 2. The van der Waals surface area contributed by atoms with Gasteiger partial charge in [0.1, 0.15) is 17.8 Å². The Labute approximate surface area is 146 Å². The van der Waals surface area contributed by atoms with Gasteiger partial charge in [-0.2, -0.15) is 0 Å². The molecule has 0 unspecified atom stereocenters. The second kappa shape index (κ2) is 7.74. The van der Waals surface area contributed by atoms with E-state index < -0.39 is 0 Å². The summed E-state index contributed by atoms with van der Waals surface area (Å²) in [5, 5.41) is 5.49. The Hall–Kier alpha value is -2.96. The summed E-state index contributed by atoms with van der Waals surface area (Å²) in [7, 11) is 0. The highest BCUT2D eigenvalue weighted by Crippen LogP contribution is 2.19. The molecule has 1 fully saturated rings. The molecule has 7 heteroatoms. The summed E-state index contributed by atoms with van der Waals surface area (Å²) in [6.07, 6.45) is 4.94. The van der Waals surface area contributed by atoms with Crippen molar-refractivity contribution < 1.29 is 9.59 Å². The van der Waals surface area contributed by atoms with E-state index in [4.69, 9.17) is 0 Å². The molecule has 0 bridgehead atoms. The fraction of sp³-hybridized carbons (Fsp3) is 0.333. The van der Waals surface area contributed by atoms with Gasteiger partial charge in [-0.25, -0.2) is 9.97 Å². The second-order valence-corrected chi connectivity index (χ2v) is 6.03. The average Bonchev–Trinajstić information content (AvgIpc) is 2.62. The molecule has 0 spiro atoms. The molecule has 1 aromatic heterocycles. The van der Waals surface area contributed by atoms with Gasteiger partial charge in [-0.1, -0.05) is 6.07 Å². The monoisotopic (exact) mass is 339 g/mol. The normalized spacial score (nSPS) is 14.0. The lowest BCUT2D eigenvalue weighted by atomic mass is 10.1. The SMILES string of the molecule is CC(=O)Nc1cccc(NC(=O)c2cc(N3CCCCC3)ncn2)c1. The molecule has 1 saturated heterocycles. The number of hydrogen-bond donors (Lipinski definition) is 2. The van der Waals surface area contributed by atoms with Crippen LogP contribution in [-0.2, 0) is 4.79 Å². The van der Waals surface area contributed by atoms with Gasteiger partial charge < -0.3 is 15.5 Å². The first-order valence-electron chi connectivity index (χ1n) is 8.38. The fourth-order valence-corrected chi connectivity index (χ4v) is 2.84. The first kappa shape index (κ1) is 16.9. The molecule has 2 heterocycles. The summed E-state index contributed by atoms with van der Waals surface area (Å²) < 4.78 is 0. The molecule has 130 valence electrons. The number of nitrogens with zero attached hydrogens (tertiary/aromatic N) is 3. The minimum atomic E-state index is -0.305. The number of anilines is 3. The van der Waals surface area contributed by atoms with Crippen LogP contribution in [0.1, 0.15) is 36.7 Å². The zero-order valence-corrected chi connectivity index (χ0v) is 14.2. The summed E-state index contributed by atoms with van der Waals surface area (Å²) in [6.45, 7) is 3.35. The molecule has 2 aromatic rings. The van der Waals surface area contributed by atoms with E-state index in [1.807, 2.05) is 0 Å². The maximum atomic E-state index is 12.5. The van der Waals surface area contributed by atoms with Crippen LogP contribution in [0.4, 0.5) is 17.2 Å². The summed E-state index contributed by atoms with van der Waals surface area (Å²) in [5.74, 6) is 0.318. The number of rotatable bonds is 4. The first-order chi connectivity index (χ1) is 12.1. The van der Waals surface area contributed by atoms with Gasteiger partial charge in [0.15, 0.2) is 0 Å². The summed E-state index contributed by atoms with van der Waals surface area (Å²) in [6, 6.07) is 8.70. The first-order valence-corrected chi connectivity index (χ1v) is 8.38. The number of aromatic nitrogens is 2. The van der Waals surface area contributed by atoms with E-state index in [1.165, 1.54) is 19.7 Å². The molecule has 0 aliphatic carbocycles. The third kappa shape index (κ3) is 4.53. The van der Waals surface area contributed by atoms with Gasteiger partial charge in [-0.3, -0.25) is 9.59 Å². The van der Waals surface area contributed by atoms with Gasteiger partial charge >= 0.3 is 0 Å². The van der Waals surface area contributed by atoms with E-state index in [0.717, 1.165) is 31.7 Å². The number of carbonyl (C=O) groups is 2. The largest absolute Gasteiger partial charge is 0.357 e. The van der Waals surface area contributed by atoms with Crippen molar-refractivity contribution in [3.8, 4) is 0 Å². The lowest BCUT2D eigenvalue weighted by molar-refractivity contribution is -0.114. The van der Waals surface area contributed by atoms with Crippen molar-refractivity contribution in [2.75, 3.05) is 28.6 Å². The number of hydrogen-bond acceptors (Lipinski definition) is 5. The van der Waals surface area contributed by atoms with Gasteiger partial charge in [0.25, 0.3) is 5.91 Å². The van der Waals surface area contributed by atoms with Crippen LogP contribution in [0.2, 0.25) is 0 Å². The smallest absolute Gasteiger partial charge is 0.274 e. The average molecular weight is 339 g/mol. The van der Waals surface area contributed by atoms with Crippen LogP contribution < -0.4 is 15.5 Å².